The van der Waals surface area contributed by atoms with E-state index in [-0.39, 0.29) is 5.75 Å². The van der Waals surface area contributed by atoms with Crippen molar-refractivity contribution in [3.05, 3.63) is 64.0 Å². The lowest BCUT2D eigenvalue weighted by Crippen LogP contribution is -2.20. The van der Waals surface area contributed by atoms with Crippen LogP contribution in [0.15, 0.2) is 47.5 Å². The van der Waals surface area contributed by atoms with Crippen LogP contribution in [0.3, 0.4) is 0 Å². The van der Waals surface area contributed by atoms with Crippen LogP contribution in [0.4, 0.5) is 0 Å². The molecule has 0 radical (unpaired) electrons. The molecule has 0 fully saturated rings. The number of aryl methyl sites for hydroxylation is 3. The molecule has 5 nitrogen and oxygen atoms in total. The lowest BCUT2D eigenvalue weighted by molar-refractivity contribution is -0.115. The Morgan fingerprint density at radius 2 is 1.77 bits per heavy atom. The summed E-state index contributed by atoms with van der Waals surface area (Å²) in [5.74, 6) is -1.39. The largest absolute Gasteiger partial charge is 0.319 e. The Bertz CT molecular complexity index is 1140. The molecule has 2 aromatic carbocycles. The van der Waals surface area contributed by atoms with Crippen LogP contribution in [0, 0.1) is 13.8 Å². The monoisotopic (exact) mass is 388 g/mol. The van der Waals surface area contributed by atoms with Crippen LogP contribution < -0.4 is 4.80 Å². The van der Waals surface area contributed by atoms with Crippen LogP contribution in [-0.2, 0) is 27.4 Å². The summed E-state index contributed by atoms with van der Waals surface area (Å²) >= 11 is 1.39. The van der Waals surface area contributed by atoms with Crippen molar-refractivity contribution in [2.45, 2.75) is 19.6 Å². The Kier molecular flexibility index (Phi) is 5.11. The standard InChI is InChI=1S/C19H20N2O3S2/c1-13-9-16-17(10-14(13)2)25-19(21(16)3)20-18(22)12-26(23,24)11-15-7-5-4-6-8-15/h4-10H,11-12H2,1-3H3. The van der Waals surface area contributed by atoms with E-state index in [1.54, 1.807) is 24.3 Å². The van der Waals surface area contributed by atoms with Crippen LogP contribution in [0.1, 0.15) is 16.7 Å². The highest BCUT2D eigenvalue weighted by molar-refractivity contribution is 7.91. The number of hydrogen-bond donors (Lipinski definition) is 0. The average molecular weight is 389 g/mol. The summed E-state index contributed by atoms with van der Waals surface area (Å²) in [5, 5.41) is 0. The van der Waals surface area contributed by atoms with E-state index in [9.17, 15) is 13.2 Å². The number of nitrogens with zero attached hydrogens (tertiary/aromatic N) is 2. The number of benzene rings is 2. The molecule has 0 N–H and O–H groups in total. The van der Waals surface area contributed by atoms with Crippen LogP contribution in [0.25, 0.3) is 10.2 Å². The molecule has 0 bridgehead atoms. The fourth-order valence-electron chi connectivity index (χ4n) is 2.69. The van der Waals surface area contributed by atoms with E-state index in [1.165, 1.54) is 16.9 Å². The van der Waals surface area contributed by atoms with Gasteiger partial charge in [0.2, 0.25) is 0 Å². The minimum absolute atomic E-state index is 0.161. The Labute approximate surface area is 156 Å². The van der Waals surface area contributed by atoms with Gasteiger partial charge in [-0.1, -0.05) is 41.7 Å². The summed E-state index contributed by atoms with van der Waals surface area (Å²) < 4.78 is 27.4. The van der Waals surface area contributed by atoms with Crippen molar-refractivity contribution in [3.8, 4) is 0 Å². The predicted molar refractivity (Wildman–Crippen MR) is 105 cm³/mol. The minimum atomic E-state index is -3.56. The van der Waals surface area contributed by atoms with Gasteiger partial charge in [-0.2, -0.15) is 4.99 Å². The molecule has 26 heavy (non-hydrogen) atoms. The maximum Gasteiger partial charge on any atom is 0.263 e. The van der Waals surface area contributed by atoms with Crippen LogP contribution in [-0.4, -0.2) is 24.6 Å². The van der Waals surface area contributed by atoms with Gasteiger partial charge < -0.3 is 4.57 Å². The summed E-state index contributed by atoms with van der Waals surface area (Å²) in [6.07, 6.45) is 0. The third-order valence-corrected chi connectivity index (χ3v) is 6.77. The number of rotatable bonds is 4. The highest BCUT2D eigenvalue weighted by atomic mass is 32.2. The van der Waals surface area contributed by atoms with E-state index in [4.69, 9.17) is 0 Å². The topological polar surface area (TPSA) is 68.5 Å². The first-order valence-corrected chi connectivity index (χ1v) is 10.8. The fraction of sp³-hybridized carbons (Fsp3) is 0.263. The molecule has 0 spiro atoms. The molecule has 0 unspecified atom stereocenters. The van der Waals surface area contributed by atoms with Gasteiger partial charge in [0.25, 0.3) is 5.91 Å². The number of carbonyl (C=O) groups is 1. The smallest absolute Gasteiger partial charge is 0.263 e. The van der Waals surface area contributed by atoms with Crippen molar-refractivity contribution in [1.82, 2.24) is 4.57 Å². The van der Waals surface area contributed by atoms with Crippen molar-refractivity contribution >= 4 is 37.3 Å². The molecule has 7 heteroatoms. The molecule has 1 amide bonds. The van der Waals surface area contributed by atoms with Gasteiger partial charge in [-0.15, -0.1) is 0 Å². The van der Waals surface area contributed by atoms with Crippen molar-refractivity contribution in [3.63, 3.8) is 0 Å². The third-order valence-electron chi connectivity index (χ3n) is 4.22. The molecule has 1 aromatic heterocycles. The van der Waals surface area contributed by atoms with Crippen molar-refractivity contribution < 1.29 is 13.2 Å². The zero-order chi connectivity index (χ0) is 18.9. The van der Waals surface area contributed by atoms with Gasteiger partial charge in [-0.05, 0) is 42.7 Å². The highest BCUT2D eigenvalue weighted by Crippen LogP contribution is 2.21. The van der Waals surface area contributed by atoms with Gasteiger partial charge >= 0.3 is 0 Å². The number of sulfone groups is 1. The summed E-state index contributed by atoms with van der Waals surface area (Å²) in [4.78, 5) is 16.8. The summed E-state index contributed by atoms with van der Waals surface area (Å²) in [6, 6.07) is 12.9. The summed E-state index contributed by atoms with van der Waals surface area (Å²) in [5.41, 5.74) is 3.98. The number of hydrogen-bond acceptors (Lipinski definition) is 4. The number of amides is 1. The van der Waals surface area contributed by atoms with Crippen molar-refractivity contribution in [2.24, 2.45) is 12.0 Å². The van der Waals surface area contributed by atoms with Gasteiger partial charge in [-0.25, -0.2) is 8.42 Å². The van der Waals surface area contributed by atoms with E-state index < -0.39 is 21.5 Å². The molecule has 0 aliphatic carbocycles. The van der Waals surface area contributed by atoms with E-state index in [1.807, 2.05) is 31.5 Å². The predicted octanol–water partition coefficient (Wildman–Crippen LogP) is 2.90. The molecule has 0 aliphatic rings. The first kappa shape index (κ1) is 18.5. The number of carbonyl (C=O) groups excluding carboxylic acids is 1. The molecule has 3 aromatic rings. The lowest BCUT2D eigenvalue weighted by atomic mass is 10.1. The Morgan fingerprint density at radius 1 is 1.12 bits per heavy atom. The van der Waals surface area contributed by atoms with Crippen LogP contribution in [0.5, 0.6) is 0 Å². The van der Waals surface area contributed by atoms with Crippen LogP contribution >= 0.6 is 11.3 Å². The maximum absolute atomic E-state index is 12.3. The molecule has 0 atom stereocenters. The van der Waals surface area contributed by atoms with Gasteiger partial charge in [-0.3, -0.25) is 4.79 Å². The van der Waals surface area contributed by atoms with Crippen molar-refractivity contribution in [1.29, 1.82) is 0 Å². The minimum Gasteiger partial charge on any atom is -0.319 e. The molecule has 0 aliphatic heterocycles. The van der Waals surface area contributed by atoms with Crippen molar-refractivity contribution in [2.75, 3.05) is 5.75 Å². The molecule has 0 saturated carbocycles. The molecular formula is C19H20N2O3S2. The molecule has 0 saturated heterocycles. The third kappa shape index (κ3) is 4.11. The molecule has 136 valence electrons. The quantitative estimate of drug-likeness (QED) is 0.690. The molecular weight excluding hydrogens is 368 g/mol. The lowest BCUT2D eigenvalue weighted by Gasteiger charge is -2.02. The Hall–Kier alpha value is -2.25. The SMILES string of the molecule is Cc1cc2sc(=NC(=O)CS(=O)(=O)Cc3ccccc3)n(C)c2cc1C. The Morgan fingerprint density at radius 3 is 2.46 bits per heavy atom. The van der Waals surface area contributed by atoms with Gasteiger partial charge in [0, 0.05) is 7.05 Å². The first-order valence-electron chi connectivity index (χ1n) is 8.14. The van der Waals surface area contributed by atoms with E-state index >= 15 is 0 Å². The number of thiazole rings is 1. The zero-order valence-corrected chi connectivity index (χ0v) is 16.5. The van der Waals surface area contributed by atoms with Gasteiger partial charge in [0.1, 0.15) is 5.75 Å². The summed E-state index contributed by atoms with van der Waals surface area (Å²) in [7, 11) is -1.73. The molecule has 3 rings (SSSR count). The molecule has 1 heterocycles. The van der Waals surface area contributed by atoms with Gasteiger partial charge in [0.05, 0.1) is 16.0 Å². The number of fused-ring (bicyclic) bond motifs is 1. The second kappa shape index (κ2) is 7.17. The average Bonchev–Trinajstić information content (AvgIpc) is 2.83. The Balaban J connectivity index is 1.87. The van der Waals surface area contributed by atoms with E-state index in [0.29, 0.717) is 10.4 Å². The number of aromatic nitrogens is 1. The summed E-state index contributed by atoms with van der Waals surface area (Å²) in [6.45, 7) is 4.07. The second-order valence-electron chi connectivity index (χ2n) is 6.37. The second-order valence-corrected chi connectivity index (χ2v) is 9.44. The fourth-order valence-corrected chi connectivity index (χ4v) is 5.05. The van der Waals surface area contributed by atoms with Crippen LogP contribution in [0.2, 0.25) is 0 Å². The first-order chi connectivity index (χ1) is 12.2. The van der Waals surface area contributed by atoms with E-state index in [2.05, 4.69) is 17.1 Å². The normalized spacial score (nSPS) is 12.7. The zero-order valence-electron chi connectivity index (χ0n) is 14.9. The highest BCUT2D eigenvalue weighted by Gasteiger charge is 2.17. The maximum atomic E-state index is 12.3. The van der Waals surface area contributed by atoms with E-state index in [0.717, 1.165) is 15.8 Å². The van der Waals surface area contributed by atoms with Gasteiger partial charge in [0.15, 0.2) is 14.6 Å².